The summed E-state index contributed by atoms with van der Waals surface area (Å²) in [5.41, 5.74) is 1.43. The molecule has 1 N–H and O–H groups in total. The Morgan fingerprint density at radius 3 is 2.73 bits per heavy atom. The predicted molar refractivity (Wildman–Crippen MR) is 112 cm³/mol. The minimum Gasteiger partial charge on any atom is -0.467 e. The molecule has 3 amide bonds. The van der Waals surface area contributed by atoms with Crippen molar-refractivity contribution < 1.29 is 18.8 Å². The molecule has 3 heterocycles. The van der Waals surface area contributed by atoms with Crippen LogP contribution in [-0.4, -0.2) is 27.6 Å². The fourth-order valence-corrected chi connectivity index (χ4v) is 4.39. The molecule has 0 unspecified atom stereocenters. The van der Waals surface area contributed by atoms with Gasteiger partial charge in [-0.25, -0.2) is 4.98 Å². The van der Waals surface area contributed by atoms with E-state index in [9.17, 15) is 14.4 Å². The topological polar surface area (TPSA) is 92.5 Å². The fourth-order valence-electron chi connectivity index (χ4n) is 3.26. The van der Waals surface area contributed by atoms with Crippen LogP contribution in [0.3, 0.4) is 0 Å². The normalized spacial score (nSPS) is 13.2. The predicted octanol–water partition coefficient (Wildman–Crippen LogP) is 4.59. The van der Waals surface area contributed by atoms with E-state index in [1.165, 1.54) is 35.8 Å². The van der Waals surface area contributed by atoms with E-state index >= 15 is 0 Å². The van der Waals surface area contributed by atoms with Gasteiger partial charge in [0.05, 0.1) is 34.2 Å². The Balaban J connectivity index is 1.39. The summed E-state index contributed by atoms with van der Waals surface area (Å²) in [6, 6.07) is 13.1. The number of anilines is 1. The number of amides is 3. The minimum atomic E-state index is -0.462. The largest absolute Gasteiger partial charge is 0.467 e. The summed E-state index contributed by atoms with van der Waals surface area (Å²) in [4.78, 5) is 43.4. The maximum atomic E-state index is 12.7. The molecule has 0 aliphatic carbocycles. The first-order valence-corrected chi connectivity index (χ1v) is 10.1. The number of rotatable bonds is 4. The van der Waals surface area contributed by atoms with Crippen LogP contribution >= 0.6 is 22.9 Å². The van der Waals surface area contributed by atoms with Gasteiger partial charge < -0.3 is 4.42 Å². The van der Waals surface area contributed by atoms with Gasteiger partial charge in [-0.15, -0.1) is 0 Å². The van der Waals surface area contributed by atoms with E-state index in [0.717, 1.165) is 15.1 Å². The smallest absolute Gasteiger partial charge is 0.261 e. The molecule has 0 radical (unpaired) electrons. The lowest BCUT2D eigenvalue weighted by Gasteiger charge is -2.11. The van der Waals surface area contributed by atoms with Gasteiger partial charge in [-0.2, -0.15) is 0 Å². The lowest BCUT2D eigenvalue weighted by Crippen LogP contribution is -2.28. The highest BCUT2D eigenvalue weighted by molar-refractivity contribution is 7.22. The van der Waals surface area contributed by atoms with E-state index in [-0.39, 0.29) is 23.2 Å². The lowest BCUT2D eigenvalue weighted by molar-refractivity contribution is 0.0631. The number of hydrogen-bond acceptors (Lipinski definition) is 6. The first kappa shape index (κ1) is 18.5. The van der Waals surface area contributed by atoms with Crippen LogP contribution in [0.15, 0.2) is 59.2 Å². The maximum Gasteiger partial charge on any atom is 0.261 e. The van der Waals surface area contributed by atoms with Crippen molar-refractivity contribution in [1.29, 1.82) is 0 Å². The number of fused-ring (bicyclic) bond motifs is 2. The third kappa shape index (κ3) is 3.16. The van der Waals surface area contributed by atoms with Crippen molar-refractivity contribution in [3.63, 3.8) is 0 Å². The average Bonchev–Trinajstić information content (AvgIpc) is 3.43. The first-order valence-electron chi connectivity index (χ1n) is 8.90. The maximum absolute atomic E-state index is 12.7. The molecule has 0 saturated carbocycles. The Morgan fingerprint density at radius 1 is 1.10 bits per heavy atom. The molecule has 5 rings (SSSR count). The van der Waals surface area contributed by atoms with Crippen molar-refractivity contribution in [2.24, 2.45) is 0 Å². The summed E-state index contributed by atoms with van der Waals surface area (Å²) in [6.07, 6.45) is 1.48. The van der Waals surface area contributed by atoms with E-state index in [0.29, 0.717) is 15.9 Å². The SMILES string of the molecule is O=C(Nc1nc2ccc(Cl)cc2s1)c1ccc2c(c1)C(=O)N(Cc1ccco1)C2=O. The Bertz CT molecular complexity index is 1330. The summed E-state index contributed by atoms with van der Waals surface area (Å²) in [5, 5.41) is 3.74. The molecule has 4 aromatic rings. The molecule has 1 aliphatic heterocycles. The number of furan rings is 1. The van der Waals surface area contributed by atoms with Gasteiger partial charge in [-0.3, -0.25) is 24.6 Å². The van der Waals surface area contributed by atoms with E-state index in [1.807, 2.05) is 0 Å². The van der Waals surface area contributed by atoms with Crippen LogP contribution in [0.5, 0.6) is 0 Å². The second-order valence-corrected chi connectivity index (χ2v) is 8.09. The molecule has 148 valence electrons. The Kier molecular flexibility index (Phi) is 4.38. The van der Waals surface area contributed by atoms with Crippen molar-refractivity contribution in [3.05, 3.63) is 82.3 Å². The van der Waals surface area contributed by atoms with Crippen LogP contribution in [0.25, 0.3) is 10.2 Å². The minimum absolute atomic E-state index is 0.0368. The molecule has 0 fully saturated rings. The monoisotopic (exact) mass is 437 g/mol. The molecule has 7 nitrogen and oxygen atoms in total. The van der Waals surface area contributed by atoms with E-state index in [4.69, 9.17) is 16.0 Å². The van der Waals surface area contributed by atoms with Crippen molar-refractivity contribution in [2.75, 3.05) is 5.32 Å². The standard InChI is InChI=1S/C21H12ClN3O4S/c22-12-4-6-16-17(9-12)30-21(23-16)24-18(26)11-3-5-14-15(8-11)20(28)25(19(14)27)10-13-2-1-7-29-13/h1-9H,10H2,(H,23,24,26). The van der Waals surface area contributed by atoms with Gasteiger partial charge in [0.15, 0.2) is 5.13 Å². The molecule has 2 aromatic heterocycles. The summed E-state index contributed by atoms with van der Waals surface area (Å²) >= 11 is 7.28. The van der Waals surface area contributed by atoms with Gasteiger partial charge in [0.2, 0.25) is 0 Å². The molecule has 0 bridgehead atoms. The highest BCUT2D eigenvalue weighted by Crippen LogP contribution is 2.29. The van der Waals surface area contributed by atoms with Crippen molar-refractivity contribution >= 4 is 56.0 Å². The van der Waals surface area contributed by atoms with Crippen LogP contribution < -0.4 is 5.32 Å². The highest BCUT2D eigenvalue weighted by Gasteiger charge is 2.36. The van der Waals surface area contributed by atoms with Crippen LogP contribution in [0.1, 0.15) is 36.8 Å². The van der Waals surface area contributed by atoms with Gasteiger partial charge >= 0.3 is 0 Å². The number of halogens is 1. The number of carbonyl (C=O) groups excluding carboxylic acids is 3. The fraction of sp³-hybridized carbons (Fsp3) is 0.0476. The van der Waals surface area contributed by atoms with E-state index < -0.39 is 17.7 Å². The molecular weight excluding hydrogens is 426 g/mol. The summed E-state index contributed by atoms with van der Waals surface area (Å²) in [6.45, 7) is 0.0368. The average molecular weight is 438 g/mol. The van der Waals surface area contributed by atoms with E-state index in [1.54, 1.807) is 30.3 Å². The molecule has 0 spiro atoms. The number of aromatic nitrogens is 1. The summed E-state index contributed by atoms with van der Waals surface area (Å²) < 4.78 is 6.08. The lowest BCUT2D eigenvalue weighted by atomic mass is 10.1. The van der Waals surface area contributed by atoms with Crippen LogP contribution in [0, 0.1) is 0 Å². The highest BCUT2D eigenvalue weighted by atomic mass is 35.5. The summed E-state index contributed by atoms with van der Waals surface area (Å²) in [5.74, 6) is -0.803. The van der Waals surface area contributed by atoms with Crippen molar-refractivity contribution in [2.45, 2.75) is 6.54 Å². The molecule has 0 saturated heterocycles. The Labute approximate surface area is 178 Å². The zero-order chi connectivity index (χ0) is 20.8. The molecule has 1 aliphatic rings. The van der Waals surface area contributed by atoms with Gasteiger partial charge in [0.1, 0.15) is 5.76 Å². The van der Waals surface area contributed by atoms with Crippen LogP contribution in [-0.2, 0) is 6.54 Å². The zero-order valence-electron chi connectivity index (χ0n) is 15.2. The number of carbonyl (C=O) groups is 3. The second-order valence-electron chi connectivity index (χ2n) is 6.62. The Hall–Kier alpha value is -3.49. The Morgan fingerprint density at radius 2 is 1.93 bits per heavy atom. The zero-order valence-corrected chi connectivity index (χ0v) is 16.8. The number of nitrogens with one attached hydrogen (secondary N) is 1. The van der Waals surface area contributed by atoms with Crippen molar-refractivity contribution in [1.82, 2.24) is 9.88 Å². The molecule has 9 heteroatoms. The molecule has 30 heavy (non-hydrogen) atoms. The first-order chi connectivity index (χ1) is 14.5. The van der Waals surface area contributed by atoms with E-state index in [2.05, 4.69) is 10.3 Å². The third-order valence-electron chi connectivity index (χ3n) is 4.70. The van der Waals surface area contributed by atoms with Crippen LogP contribution in [0.4, 0.5) is 5.13 Å². The number of thiazole rings is 1. The van der Waals surface area contributed by atoms with Crippen molar-refractivity contribution in [3.8, 4) is 0 Å². The molecular formula is C21H12ClN3O4S. The molecule has 0 atom stereocenters. The number of nitrogens with zero attached hydrogens (tertiary/aromatic N) is 2. The van der Waals surface area contributed by atoms with Crippen LogP contribution in [0.2, 0.25) is 5.02 Å². The van der Waals surface area contributed by atoms with Gasteiger partial charge in [-0.05, 0) is 48.5 Å². The summed E-state index contributed by atoms with van der Waals surface area (Å²) in [7, 11) is 0. The second kappa shape index (κ2) is 7.08. The number of imide groups is 1. The number of benzene rings is 2. The van der Waals surface area contributed by atoms with Gasteiger partial charge in [0, 0.05) is 10.6 Å². The van der Waals surface area contributed by atoms with Gasteiger partial charge in [0.25, 0.3) is 17.7 Å². The number of hydrogen-bond donors (Lipinski definition) is 1. The van der Waals surface area contributed by atoms with Gasteiger partial charge in [-0.1, -0.05) is 22.9 Å². The third-order valence-corrected chi connectivity index (χ3v) is 5.87. The molecule has 2 aromatic carbocycles. The quantitative estimate of drug-likeness (QED) is 0.471.